The fourth-order valence-electron chi connectivity index (χ4n) is 3.53. The molecule has 3 rings (SSSR count). The second-order valence-corrected chi connectivity index (χ2v) is 10.2. The lowest BCUT2D eigenvalue weighted by molar-refractivity contribution is -0.138. The number of aliphatic carboxylic acids is 1. The number of hydrogen-bond donors (Lipinski definition) is 1. The highest BCUT2D eigenvalue weighted by atomic mass is 35.5. The zero-order valence-corrected chi connectivity index (χ0v) is 18.6. The van der Waals surface area contributed by atoms with E-state index < -0.39 is 11.2 Å². The van der Waals surface area contributed by atoms with Crippen molar-refractivity contribution in [2.24, 2.45) is 5.41 Å². The summed E-state index contributed by atoms with van der Waals surface area (Å²) in [5, 5.41) is 18.3. The molecule has 0 saturated carbocycles. The van der Waals surface area contributed by atoms with Crippen LogP contribution in [0.3, 0.4) is 0 Å². The lowest BCUT2D eigenvalue weighted by Gasteiger charge is -2.31. The number of thioether (sulfide) groups is 1. The monoisotopic (exact) mass is 442 g/mol. The van der Waals surface area contributed by atoms with Gasteiger partial charge in [-0.25, -0.2) is 0 Å². The maximum Gasteiger partial charge on any atom is 0.305 e. The van der Waals surface area contributed by atoms with Gasteiger partial charge in [-0.1, -0.05) is 50.6 Å². The molecule has 2 unspecified atom stereocenters. The second-order valence-electron chi connectivity index (χ2n) is 8.49. The molecule has 7 heteroatoms. The van der Waals surface area contributed by atoms with Crippen molar-refractivity contribution in [2.75, 3.05) is 11.4 Å². The van der Waals surface area contributed by atoms with E-state index >= 15 is 0 Å². The minimum absolute atomic E-state index is 0.205. The number of anilines is 1. The Morgan fingerprint density at radius 3 is 2.53 bits per heavy atom. The highest BCUT2D eigenvalue weighted by molar-refractivity contribution is 8.01. The first-order chi connectivity index (χ1) is 14.1. The van der Waals surface area contributed by atoms with E-state index in [1.165, 1.54) is 11.8 Å². The number of carboxylic acid groups (broad SMARTS) is 1. The number of halogens is 1. The Hall–Kier alpha value is -2.49. The van der Waals surface area contributed by atoms with Gasteiger partial charge in [0.05, 0.1) is 28.6 Å². The van der Waals surface area contributed by atoms with Gasteiger partial charge in [0, 0.05) is 17.3 Å². The number of nitriles is 1. The van der Waals surface area contributed by atoms with Gasteiger partial charge in [0.15, 0.2) is 0 Å². The Balaban J connectivity index is 2.25. The van der Waals surface area contributed by atoms with Crippen LogP contribution >= 0.6 is 23.4 Å². The van der Waals surface area contributed by atoms with Crippen molar-refractivity contribution in [3.8, 4) is 6.07 Å². The Labute approximate surface area is 185 Å². The van der Waals surface area contributed by atoms with Crippen molar-refractivity contribution < 1.29 is 14.7 Å². The predicted molar refractivity (Wildman–Crippen MR) is 120 cm³/mol. The van der Waals surface area contributed by atoms with Gasteiger partial charge in [0.25, 0.3) is 0 Å². The summed E-state index contributed by atoms with van der Waals surface area (Å²) < 4.78 is 0. The molecule has 1 amide bonds. The molecular weight excluding hydrogens is 420 g/mol. The van der Waals surface area contributed by atoms with Gasteiger partial charge in [-0.3, -0.25) is 9.59 Å². The number of amides is 1. The average Bonchev–Trinajstić information content (AvgIpc) is 2.77. The van der Waals surface area contributed by atoms with E-state index in [2.05, 4.69) is 6.07 Å². The molecule has 2 atom stereocenters. The van der Waals surface area contributed by atoms with Gasteiger partial charge in [-0.05, 0) is 40.8 Å². The summed E-state index contributed by atoms with van der Waals surface area (Å²) in [5.74, 6) is -1.27. The molecule has 0 fully saturated rings. The molecule has 2 aromatic rings. The molecule has 156 valence electrons. The van der Waals surface area contributed by atoms with Crippen molar-refractivity contribution in [3.63, 3.8) is 0 Å². The molecular formula is C23H23ClN2O3S. The van der Waals surface area contributed by atoms with Crippen molar-refractivity contribution in [1.29, 1.82) is 5.26 Å². The van der Waals surface area contributed by atoms with Gasteiger partial charge in [-0.15, -0.1) is 11.8 Å². The van der Waals surface area contributed by atoms with Crippen LogP contribution in [0.1, 0.15) is 49.1 Å². The molecule has 1 aliphatic heterocycles. The molecule has 1 aliphatic rings. The molecule has 0 aromatic heterocycles. The number of carbonyl (C=O) groups is 2. The summed E-state index contributed by atoms with van der Waals surface area (Å²) in [4.78, 5) is 26.7. The van der Waals surface area contributed by atoms with E-state index in [-0.39, 0.29) is 23.0 Å². The number of hydrogen-bond acceptors (Lipinski definition) is 4. The number of carboxylic acids is 1. The van der Waals surface area contributed by atoms with Crippen molar-refractivity contribution in [1.82, 2.24) is 0 Å². The van der Waals surface area contributed by atoms with Crippen molar-refractivity contribution in [3.05, 3.63) is 64.2 Å². The van der Waals surface area contributed by atoms with Crippen molar-refractivity contribution >= 4 is 40.9 Å². The third-order valence-corrected chi connectivity index (χ3v) is 6.57. The second kappa shape index (κ2) is 8.71. The zero-order chi connectivity index (χ0) is 22.1. The fourth-order valence-corrected chi connectivity index (χ4v) is 5.34. The molecule has 1 N–H and O–H groups in total. The van der Waals surface area contributed by atoms with Crippen LogP contribution in [0.2, 0.25) is 5.02 Å². The third kappa shape index (κ3) is 4.80. The van der Waals surface area contributed by atoms with Gasteiger partial charge in [0.1, 0.15) is 0 Å². The third-order valence-electron chi connectivity index (χ3n) is 4.75. The summed E-state index contributed by atoms with van der Waals surface area (Å²) in [7, 11) is 0. The molecule has 0 aliphatic carbocycles. The SMILES string of the molecule is CC(C)(C)CN1C(=O)C(CC(=O)O)SC(c2ccccc2Cl)c2cc(C#N)ccc21. The van der Waals surface area contributed by atoms with Gasteiger partial charge >= 0.3 is 5.97 Å². The molecule has 2 aromatic carbocycles. The summed E-state index contributed by atoms with van der Waals surface area (Å²) >= 11 is 7.77. The number of benzene rings is 2. The molecule has 0 saturated heterocycles. The Morgan fingerprint density at radius 1 is 1.23 bits per heavy atom. The molecule has 0 bridgehead atoms. The summed E-state index contributed by atoms with van der Waals surface area (Å²) in [6.45, 7) is 6.51. The van der Waals surface area contributed by atoms with Crippen LogP contribution in [0.4, 0.5) is 5.69 Å². The summed E-state index contributed by atoms with van der Waals surface area (Å²) in [6, 6.07) is 14.8. The maximum atomic E-state index is 13.5. The van der Waals surface area contributed by atoms with E-state index in [0.717, 1.165) is 11.1 Å². The van der Waals surface area contributed by atoms with Crippen molar-refractivity contribution in [2.45, 2.75) is 37.7 Å². The topological polar surface area (TPSA) is 81.4 Å². The van der Waals surface area contributed by atoms with Crippen LogP contribution < -0.4 is 4.90 Å². The van der Waals surface area contributed by atoms with Gasteiger partial charge in [-0.2, -0.15) is 5.26 Å². The van der Waals surface area contributed by atoms with Crippen LogP contribution in [0, 0.1) is 16.7 Å². The van der Waals surface area contributed by atoms with Crippen LogP contribution in [-0.4, -0.2) is 28.8 Å². The van der Waals surface area contributed by atoms with Gasteiger partial charge in [0.2, 0.25) is 5.91 Å². The predicted octanol–water partition coefficient (Wildman–Crippen LogP) is 5.27. The number of carbonyl (C=O) groups excluding carboxylic acids is 1. The van der Waals surface area contributed by atoms with Gasteiger partial charge < -0.3 is 10.0 Å². The maximum absolute atomic E-state index is 13.5. The quantitative estimate of drug-likeness (QED) is 0.697. The normalized spacial score (nSPS) is 19.0. The number of nitrogens with zero attached hydrogens (tertiary/aromatic N) is 2. The van der Waals surface area contributed by atoms with Crippen LogP contribution in [0.15, 0.2) is 42.5 Å². The lowest BCUT2D eigenvalue weighted by Crippen LogP contribution is -2.42. The standard InChI is InChI=1S/C23H23ClN2O3S/c1-23(2,3)13-26-18-9-8-14(12-25)10-16(18)21(15-6-4-5-7-17(15)24)30-19(22(26)29)11-20(27)28/h4-10,19,21H,11,13H2,1-3H3,(H,27,28). The Bertz CT molecular complexity index is 1030. The highest BCUT2D eigenvalue weighted by Crippen LogP contribution is 2.49. The minimum Gasteiger partial charge on any atom is -0.481 e. The lowest BCUT2D eigenvalue weighted by atomic mass is 9.94. The Morgan fingerprint density at radius 2 is 1.93 bits per heavy atom. The molecule has 30 heavy (non-hydrogen) atoms. The zero-order valence-electron chi connectivity index (χ0n) is 17.1. The van der Waals surface area contributed by atoms with E-state index in [4.69, 9.17) is 11.6 Å². The number of rotatable bonds is 4. The van der Waals surface area contributed by atoms with E-state index in [1.807, 2.05) is 39.0 Å². The fraction of sp³-hybridized carbons (Fsp3) is 0.348. The molecule has 5 nitrogen and oxygen atoms in total. The molecule has 1 heterocycles. The first kappa shape index (κ1) is 22.2. The smallest absolute Gasteiger partial charge is 0.305 e. The number of fused-ring (bicyclic) bond motifs is 1. The minimum atomic E-state index is -1.03. The highest BCUT2D eigenvalue weighted by Gasteiger charge is 2.39. The molecule has 0 radical (unpaired) electrons. The van der Waals surface area contributed by atoms with Crippen LogP contribution in [-0.2, 0) is 9.59 Å². The first-order valence-corrected chi connectivity index (χ1v) is 10.9. The molecule has 0 spiro atoms. The largest absolute Gasteiger partial charge is 0.481 e. The van der Waals surface area contributed by atoms with Crippen LogP contribution in [0.5, 0.6) is 0 Å². The van der Waals surface area contributed by atoms with E-state index in [1.54, 1.807) is 29.2 Å². The summed E-state index contributed by atoms with van der Waals surface area (Å²) in [5.41, 5.74) is 2.55. The summed E-state index contributed by atoms with van der Waals surface area (Å²) in [6.07, 6.45) is -0.288. The first-order valence-electron chi connectivity index (χ1n) is 9.58. The van der Waals surface area contributed by atoms with Crippen LogP contribution in [0.25, 0.3) is 0 Å². The average molecular weight is 443 g/mol. The van der Waals surface area contributed by atoms with E-state index in [9.17, 15) is 20.0 Å². The Kier molecular flexibility index (Phi) is 6.44. The van der Waals surface area contributed by atoms with E-state index in [0.29, 0.717) is 22.8 Å².